The first-order valence-corrected chi connectivity index (χ1v) is 7.27. The molecule has 0 amide bonds. The molecular weight excluding hydrogens is 360 g/mol. The predicted molar refractivity (Wildman–Crippen MR) is 82.3 cm³/mol. The normalized spacial score (nSPS) is 9.11. The fraction of sp³-hybridized carbons (Fsp3) is 0. The summed E-state index contributed by atoms with van der Waals surface area (Å²) in [6.45, 7) is 0. The minimum atomic E-state index is 0. The summed E-state index contributed by atoms with van der Waals surface area (Å²) >= 11 is 5.20. The van der Waals surface area contributed by atoms with Crippen LogP contribution in [0.1, 0.15) is 0 Å². The van der Waals surface area contributed by atoms with Gasteiger partial charge in [0.25, 0.3) is 0 Å². The molecule has 0 saturated heterocycles. The fourth-order valence-electron chi connectivity index (χ4n) is 1.38. The molecule has 0 nitrogen and oxygen atoms in total. The van der Waals surface area contributed by atoms with Crippen LogP contribution < -0.4 is 0 Å². The number of rotatable bonds is 2. The smallest absolute Gasteiger partial charge is 0.214 e. The third kappa shape index (κ3) is 6.31. The van der Waals surface area contributed by atoms with Crippen LogP contribution in [0.3, 0.4) is 0 Å². The summed E-state index contributed by atoms with van der Waals surface area (Å²) in [5.41, 5.74) is 0. The maximum Gasteiger partial charge on any atom is 2.00 e. The number of hydrogen-bond acceptors (Lipinski definition) is 1. The minimum Gasteiger partial charge on any atom is -0.214 e. The summed E-state index contributed by atoms with van der Waals surface area (Å²) in [6.07, 6.45) is 0. The first-order chi connectivity index (χ1) is 8.84. The van der Waals surface area contributed by atoms with Gasteiger partial charge in [0.15, 0.2) is 0 Å². The molecule has 0 N–H and O–H groups in total. The molecule has 0 unspecified atom stereocenters. The van der Waals surface area contributed by atoms with Gasteiger partial charge in [0, 0.05) is 4.47 Å². The Hall–Kier alpha value is -0.731. The van der Waals surface area contributed by atoms with E-state index in [2.05, 4.69) is 64.5 Å². The molecule has 0 aromatic heterocycles. The summed E-state index contributed by atoms with van der Waals surface area (Å²) in [6, 6.07) is 26.7. The van der Waals surface area contributed by atoms with Crippen molar-refractivity contribution in [3.8, 4) is 0 Å². The van der Waals surface area contributed by atoms with E-state index in [1.54, 1.807) is 11.8 Å². The van der Waals surface area contributed by atoms with E-state index in [9.17, 15) is 0 Å². The van der Waals surface area contributed by atoms with E-state index < -0.39 is 0 Å². The molecule has 0 aliphatic heterocycles. The van der Waals surface area contributed by atoms with Crippen molar-refractivity contribution in [2.24, 2.45) is 0 Å². The predicted octanol–water partition coefficient (Wildman–Crippen LogP) is 5.72. The second-order valence-electron chi connectivity index (χ2n) is 3.64. The summed E-state index contributed by atoms with van der Waals surface area (Å²) in [4.78, 5) is 2.57. The molecule has 0 fully saturated rings. The van der Waals surface area contributed by atoms with Crippen molar-refractivity contribution in [2.75, 3.05) is 0 Å². The van der Waals surface area contributed by atoms with E-state index in [0.29, 0.717) is 0 Å². The van der Waals surface area contributed by atoms with Gasteiger partial charge in [0.1, 0.15) is 0 Å². The molecule has 0 aliphatic carbocycles. The van der Waals surface area contributed by atoms with Gasteiger partial charge in [-0.25, -0.2) is 24.3 Å². The Labute approximate surface area is 137 Å². The molecule has 3 rings (SSSR count). The van der Waals surface area contributed by atoms with Crippen LogP contribution in [0.25, 0.3) is 0 Å². The average molecular weight is 373 g/mol. The van der Waals surface area contributed by atoms with Crippen molar-refractivity contribution in [2.45, 2.75) is 9.79 Å². The third-order valence-electron chi connectivity index (χ3n) is 2.24. The van der Waals surface area contributed by atoms with Gasteiger partial charge < -0.3 is 0 Å². The fourth-order valence-corrected chi connectivity index (χ4v) is 2.49. The molecule has 0 spiro atoms. The van der Waals surface area contributed by atoms with Crippen LogP contribution in [0.4, 0.5) is 0 Å². The SMILES string of the molecule is Brc1ccc(S[c-]2cccc2)cc1.[Fe+2].c1cc[cH-]c1. The standard InChI is InChI=1S/C11H8BrS.C5H5.Fe/c12-9-5-7-11(8-6-9)13-10-3-1-2-4-10;1-2-4-5-3-1;/h1-8H;1-5H;/q2*-1;+2. The Balaban J connectivity index is 0.000000256. The molecule has 19 heavy (non-hydrogen) atoms. The Morgan fingerprint density at radius 3 is 1.95 bits per heavy atom. The molecule has 3 heteroatoms. The van der Waals surface area contributed by atoms with Crippen molar-refractivity contribution in [1.29, 1.82) is 0 Å². The number of benzene rings is 1. The van der Waals surface area contributed by atoms with Gasteiger partial charge in [0.2, 0.25) is 0 Å². The van der Waals surface area contributed by atoms with Gasteiger partial charge in [-0.1, -0.05) is 20.8 Å². The van der Waals surface area contributed by atoms with Crippen LogP contribution in [0.5, 0.6) is 0 Å². The summed E-state index contributed by atoms with van der Waals surface area (Å²) in [7, 11) is 0. The Morgan fingerprint density at radius 1 is 0.895 bits per heavy atom. The zero-order valence-corrected chi connectivity index (χ0v) is 13.7. The van der Waals surface area contributed by atoms with E-state index >= 15 is 0 Å². The Kier molecular flexibility index (Phi) is 7.92. The molecule has 0 saturated carbocycles. The van der Waals surface area contributed by atoms with Gasteiger partial charge in [-0.15, -0.1) is 0 Å². The largest absolute Gasteiger partial charge is 2.00 e. The summed E-state index contributed by atoms with van der Waals surface area (Å²) < 4.78 is 1.12. The molecule has 0 atom stereocenters. The molecule has 0 heterocycles. The first-order valence-electron chi connectivity index (χ1n) is 5.66. The topological polar surface area (TPSA) is 0 Å². The van der Waals surface area contributed by atoms with E-state index in [-0.39, 0.29) is 17.1 Å². The van der Waals surface area contributed by atoms with Crippen molar-refractivity contribution in [3.63, 3.8) is 0 Å². The first kappa shape index (κ1) is 16.3. The third-order valence-corrected chi connectivity index (χ3v) is 3.78. The van der Waals surface area contributed by atoms with E-state index in [1.807, 2.05) is 30.3 Å². The monoisotopic (exact) mass is 372 g/mol. The van der Waals surface area contributed by atoms with Crippen LogP contribution in [0.2, 0.25) is 0 Å². The molecule has 3 aromatic rings. The van der Waals surface area contributed by atoms with Gasteiger partial charge in [-0.3, -0.25) is 0 Å². The Morgan fingerprint density at radius 2 is 1.47 bits per heavy atom. The Bertz CT molecular complexity index is 509. The van der Waals surface area contributed by atoms with Gasteiger partial charge in [-0.05, 0) is 29.2 Å². The molecule has 0 aliphatic rings. The van der Waals surface area contributed by atoms with E-state index in [0.717, 1.165) is 4.47 Å². The number of hydrogen-bond donors (Lipinski definition) is 0. The van der Waals surface area contributed by atoms with Crippen molar-refractivity contribution < 1.29 is 17.1 Å². The van der Waals surface area contributed by atoms with E-state index in [1.165, 1.54) is 9.79 Å². The summed E-state index contributed by atoms with van der Waals surface area (Å²) in [5, 5.41) is 0. The van der Waals surface area contributed by atoms with Crippen molar-refractivity contribution in [1.82, 2.24) is 0 Å². The molecule has 98 valence electrons. The molecule has 3 aromatic carbocycles. The van der Waals surface area contributed by atoms with Crippen LogP contribution in [-0.4, -0.2) is 0 Å². The van der Waals surface area contributed by atoms with Crippen molar-refractivity contribution >= 4 is 27.7 Å². The summed E-state index contributed by atoms with van der Waals surface area (Å²) in [5.74, 6) is 0. The number of halogens is 1. The van der Waals surface area contributed by atoms with Crippen LogP contribution in [0, 0.1) is 0 Å². The van der Waals surface area contributed by atoms with Crippen molar-refractivity contribution in [3.05, 3.63) is 83.3 Å². The quantitative estimate of drug-likeness (QED) is 0.409. The second kappa shape index (κ2) is 9.22. The second-order valence-corrected chi connectivity index (χ2v) is 5.70. The minimum absolute atomic E-state index is 0. The van der Waals surface area contributed by atoms with Gasteiger partial charge in [0.05, 0.1) is 0 Å². The molecule has 0 bridgehead atoms. The van der Waals surface area contributed by atoms with Gasteiger partial charge >= 0.3 is 17.1 Å². The zero-order chi connectivity index (χ0) is 12.6. The van der Waals surface area contributed by atoms with Crippen LogP contribution in [-0.2, 0) is 17.1 Å². The maximum absolute atomic E-state index is 3.41. The molecule has 0 radical (unpaired) electrons. The maximum atomic E-state index is 3.41. The average Bonchev–Trinajstić information content (AvgIpc) is 3.07. The van der Waals surface area contributed by atoms with E-state index in [4.69, 9.17) is 0 Å². The van der Waals surface area contributed by atoms with Crippen LogP contribution in [0.15, 0.2) is 93.1 Å². The molecular formula is C16H13BrFeS. The zero-order valence-electron chi connectivity index (χ0n) is 10.1. The van der Waals surface area contributed by atoms with Gasteiger partial charge in [-0.2, -0.15) is 42.1 Å². The van der Waals surface area contributed by atoms with Crippen LogP contribution >= 0.6 is 27.7 Å².